The van der Waals surface area contributed by atoms with Gasteiger partial charge in [-0.2, -0.15) is 4.99 Å². The Morgan fingerprint density at radius 1 is 1.25 bits per heavy atom. The van der Waals surface area contributed by atoms with Gasteiger partial charge < -0.3 is 0 Å². The lowest BCUT2D eigenvalue weighted by molar-refractivity contribution is 0.841. The molecule has 0 N–H and O–H groups in total. The number of benzene rings is 1. The molecule has 1 aromatic carbocycles. The van der Waals surface area contributed by atoms with Crippen molar-refractivity contribution in [3.63, 3.8) is 0 Å². The molecule has 0 aliphatic heterocycles. The van der Waals surface area contributed by atoms with Gasteiger partial charge in [0.2, 0.25) is 0 Å². The number of hydrogen-bond acceptors (Lipinski definition) is 2. The Bertz CT molecular complexity index is 455. The van der Waals surface area contributed by atoms with Gasteiger partial charge in [-0.25, -0.2) is 4.99 Å². The zero-order valence-electron chi connectivity index (χ0n) is 9.99. The Hall–Kier alpha value is -1.84. The highest BCUT2D eigenvalue weighted by atomic mass is 14.8. The SMILES string of the molecule is CC#CCc1ccccc1N=C=NC(C)C. The molecule has 0 unspecified atom stereocenters. The van der Waals surface area contributed by atoms with E-state index >= 15 is 0 Å². The zero-order chi connectivity index (χ0) is 11.8. The molecule has 0 atom stereocenters. The number of nitrogens with zero attached hydrogens (tertiary/aromatic N) is 2. The Kier molecular flexibility index (Phi) is 5.05. The second kappa shape index (κ2) is 6.61. The van der Waals surface area contributed by atoms with Gasteiger partial charge in [-0.05, 0) is 32.4 Å². The third-order valence-electron chi connectivity index (χ3n) is 1.93. The molecule has 0 spiro atoms. The van der Waals surface area contributed by atoms with Crippen LogP contribution in [0.5, 0.6) is 0 Å². The van der Waals surface area contributed by atoms with Gasteiger partial charge in [0.15, 0.2) is 0 Å². The molecular formula is C14H16N2. The lowest BCUT2D eigenvalue weighted by Crippen LogP contribution is -1.85. The molecule has 2 heteroatoms. The molecule has 1 aromatic rings. The van der Waals surface area contributed by atoms with Crippen LogP contribution in [0.15, 0.2) is 34.3 Å². The summed E-state index contributed by atoms with van der Waals surface area (Å²) in [6, 6.07) is 10.9. The molecule has 0 fully saturated rings. The van der Waals surface area contributed by atoms with Crippen molar-refractivity contribution in [1.82, 2.24) is 0 Å². The van der Waals surface area contributed by atoms with E-state index in [1.807, 2.05) is 45.0 Å². The fraction of sp³-hybridized carbons (Fsp3) is 0.357. The van der Waals surface area contributed by atoms with Crippen molar-refractivity contribution < 1.29 is 0 Å². The minimum atomic E-state index is 0.228. The van der Waals surface area contributed by atoms with Crippen LogP contribution in [-0.2, 0) is 6.42 Å². The van der Waals surface area contributed by atoms with E-state index in [2.05, 4.69) is 27.8 Å². The van der Waals surface area contributed by atoms with Gasteiger partial charge in [-0.15, -0.1) is 5.92 Å². The van der Waals surface area contributed by atoms with E-state index in [0.717, 1.165) is 17.7 Å². The van der Waals surface area contributed by atoms with Crippen LogP contribution in [0.4, 0.5) is 5.69 Å². The predicted octanol–water partition coefficient (Wildman–Crippen LogP) is 3.47. The van der Waals surface area contributed by atoms with Crippen LogP contribution in [0.1, 0.15) is 26.3 Å². The van der Waals surface area contributed by atoms with Gasteiger partial charge in [0.05, 0.1) is 17.7 Å². The van der Waals surface area contributed by atoms with Crippen molar-refractivity contribution in [1.29, 1.82) is 0 Å². The number of rotatable bonds is 3. The average molecular weight is 212 g/mol. The van der Waals surface area contributed by atoms with Crippen molar-refractivity contribution in [3.05, 3.63) is 29.8 Å². The first-order valence-electron chi connectivity index (χ1n) is 5.37. The molecule has 0 aliphatic rings. The minimum Gasteiger partial charge on any atom is -0.223 e. The van der Waals surface area contributed by atoms with Gasteiger partial charge in [0.25, 0.3) is 0 Å². The first kappa shape index (κ1) is 12.2. The first-order valence-corrected chi connectivity index (χ1v) is 5.37. The van der Waals surface area contributed by atoms with E-state index in [1.54, 1.807) is 0 Å². The van der Waals surface area contributed by atoms with Crippen LogP contribution in [0.2, 0.25) is 0 Å². The summed E-state index contributed by atoms with van der Waals surface area (Å²) in [5, 5.41) is 0. The predicted molar refractivity (Wildman–Crippen MR) is 68.3 cm³/mol. The topological polar surface area (TPSA) is 24.7 Å². The Morgan fingerprint density at radius 3 is 2.69 bits per heavy atom. The Balaban J connectivity index is 2.93. The van der Waals surface area contributed by atoms with E-state index in [4.69, 9.17) is 0 Å². The molecule has 0 aliphatic carbocycles. The smallest absolute Gasteiger partial charge is 0.0951 e. The van der Waals surface area contributed by atoms with Crippen LogP contribution in [0.25, 0.3) is 0 Å². The molecule has 1 rings (SSSR count). The summed E-state index contributed by atoms with van der Waals surface area (Å²) < 4.78 is 0. The second-order valence-corrected chi connectivity index (χ2v) is 3.67. The van der Waals surface area contributed by atoms with Crippen molar-refractivity contribution in [3.8, 4) is 11.8 Å². The molecule has 2 nitrogen and oxygen atoms in total. The van der Waals surface area contributed by atoms with Crippen molar-refractivity contribution in [2.24, 2.45) is 9.98 Å². The second-order valence-electron chi connectivity index (χ2n) is 3.67. The lowest BCUT2D eigenvalue weighted by Gasteiger charge is -1.98. The molecule has 0 amide bonds. The lowest BCUT2D eigenvalue weighted by atomic mass is 10.1. The Labute approximate surface area is 97.1 Å². The number of para-hydroxylation sites is 1. The normalized spacial score (nSPS) is 9.00. The van der Waals surface area contributed by atoms with Crippen LogP contribution in [0.3, 0.4) is 0 Å². The van der Waals surface area contributed by atoms with Gasteiger partial charge in [0.1, 0.15) is 0 Å². The van der Waals surface area contributed by atoms with Crippen LogP contribution < -0.4 is 0 Å². The van der Waals surface area contributed by atoms with E-state index in [0.29, 0.717) is 0 Å². The highest BCUT2D eigenvalue weighted by Gasteiger charge is 1.96. The fourth-order valence-corrected chi connectivity index (χ4v) is 1.15. The molecule has 0 saturated carbocycles. The van der Waals surface area contributed by atoms with E-state index in [9.17, 15) is 0 Å². The van der Waals surface area contributed by atoms with E-state index in [-0.39, 0.29) is 6.04 Å². The van der Waals surface area contributed by atoms with Crippen LogP contribution in [0, 0.1) is 11.8 Å². The third kappa shape index (κ3) is 4.13. The number of aliphatic imine (C=N–C) groups is 2. The molecule has 0 saturated heterocycles. The molecular weight excluding hydrogens is 196 g/mol. The standard InChI is InChI=1S/C14H16N2/c1-4-5-8-13-9-6-7-10-14(13)16-11-15-12(2)3/h6-7,9-10,12H,8H2,1-3H3. The maximum absolute atomic E-state index is 4.21. The van der Waals surface area contributed by atoms with Crippen LogP contribution >= 0.6 is 0 Å². The molecule has 16 heavy (non-hydrogen) atoms. The molecule has 0 heterocycles. The molecule has 0 radical (unpaired) electrons. The summed E-state index contributed by atoms with van der Waals surface area (Å²) in [5.74, 6) is 5.92. The summed E-state index contributed by atoms with van der Waals surface area (Å²) in [5.41, 5.74) is 2.01. The summed E-state index contributed by atoms with van der Waals surface area (Å²) >= 11 is 0. The maximum Gasteiger partial charge on any atom is 0.0951 e. The van der Waals surface area contributed by atoms with Crippen molar-refractivity contribution >= 4 is 11.7 Å². The zero-order valence-corrected chi connectivity index (χ0v) is 9.99. The summed E-state index contributed by atoms with van der Waals surface area (Å²) in [7, 11) is 0. The van der Waals surface area contributed by atoms with Gasteiger partial charge >= 0.3 is 0 Å². The molecule has 0 bridgehead atoms. The van der Waals surface area contributed by atoms with Crippen LogP contribution in [-0.4, -0.2) is 12.1 Å². The van der Waals surface area contributed by atoms with E-state index in [1.165, 1.54) is 0 Å². The number of hydrogen-bond donors (Lipinski definition) is 0. The molecule has 82 valence electrons. The van der Waals surface area contributed by atoms with Gasteiger partial charge in [-0.1, -0.05) is 24.1 Å². The van der Waals surface area contributed by atoms with Crippen molar-refractivity contribution in [2.75, 3.05) is 0 Å². The van der Waals surface area contributed by atoms with Crippen molar-refractivity contribution in [2.45, 2.75) is 33.2 Å². The minimum absolute atomic E-state index is 0.228. The fourth-order valence-electron chi connectivity index (χ4n) is 1.15. The molecule has 0 aromatic heterocycles. The maximum atomic E-state index is 4.21. The average Bonchev–Trinajstić information content (AvgIpc) is 2.27. The summed E-state index contributed by atoms with van der Waals surface area (Å²) in [6.45, 7) is 5.83. The first-order chi connectivity index (χ1) is 7.74. The van der Waals surface area contributed by atoms with Gasteiger partial charge in [-0.3, -0.25) is 0 Å². The highest BCUT2D eigenvalue weighted by molar-refractivity contribution is 5.56. The highest BCUT2D eigenvalue weighted by Crippen LogP contribution is 2.17. The monoisotopic (exact) mass is 212 g/mol. The Morgan fingerprint density at radius 2 is 2.00 bits per heavy atom. The summed E-state index contributed by atoms with van der Waals surface area (Å²) in [6.07, 6.45) is 0.722. The summed E-state index contributed by atoms with van der Waals surface area (Å²) in [4.78, 5) is 8.30. The van der Waals surface area contributed by atoms with E-state index < -0.39 is 0 Å². The quantitative estimate of drug-likeness (QED) is 0.541. The largest absolute Gasteiger partial charge is 0.223 e. The third-order valence-corrected chi connectivity index (χ3v) is 1.93. The van der Waals surface area contributed by atoms with Gasteiger partial charge in [0, 0.05) is 6.42 Å².